The molecule has 1 aromatic carbocycles. The molecule has 1 heterocycles. The quantitative estimate of drug-likeness (QED) is 0.868. The van der Waals surface area contributed by atoms with Gasteiger partial charge >= 0.3 is 6.03 Å². The van der Waals surface area contributed by atoms with Gasteiger partial charge in [0.05, 0.1) is 0 Å². The van der Waals surface area contributed by atoms with Crippen molar-refractivity contribution in [1.29, 1.82) is 0 Å². The average Bonchev–Trinajstić information content (AvgIpc) is 2.57. The van der Waals surface area contributed by atoms with Crippen molar-refractivity contribution in [1.82, 2.24) is 10.2 Å². The van der Waals surface area contributed by atoms with Gasteiger partial charge in [0.2, 0.25) is 0 Å². The van der Waals surface area contributed by atoms with Crippen LogP contribution in [0.3, 0.4) is 0 Å². The van der Waals surface area contributed by atoms with Gasteiger partial charge in [0.15, 0.2) is 0 Å². The smallest absolute Gasteiger partial charge is 0.317 e. The van der Waals surface area contributed by atoms with Crippen molar-refractivity contribution in [2.45, 2.75) is 38.1 Å². The van der Waals surface area contributed by atoms with Crippen molar-refractivity contribution in [2.75, 3.05) is 31.1 Å². The molecule has 3 rings (SSSR count). The van der Waals surface area contributed by atoms with Crippen LogP contribution in [0.4, 0.5) is 10.5 Å². The van der Waals surface area contributed by atoms with Crippen LogP contribution in [-0.2, 0) is 0 Å². The van der Waals surface area contributed by atoms with Crippen LogP contribution in [-0.4, -0.2) is 43.2 Å². The monoisotopic (exact) mass is 365 g/mol. The third kappa shape index (κ3) is 3.94. The van der Waals surface area contributed by atoms with E-state index in [-0.39, 0.29) is 6.03 Å². The lowest BCUT2D eigenvalue weighted by Crippen LogP contribution is -2.53. The summed E-state index contributed by atoms with van der Waals surface area (Å²) in [7, 11) is 0. The molecule has 1 N–H and O–H groups in total. The van der Waals surface area contributed by atoms with E-state index in [0.29, 0.717) is 6.04 Å². The fraction of sp³-hybridized carbons (Fsp3) is 0.588. The van der Waals surface area contributed by atoms with E-state index in [1.807, 2.05) is 4.90 Å². The number of hydrogen-bond acceptors (Lipinski definition) is 2. The molecule has 1 aliphatic heterocycles. The Hall–Kier alpha value is -1.23. The zero-order valence-corrected chi connectivity index (χ0v) is 14.5. The highest BCUT2D eigenvalue weighted by Gasteiger charge is 2.23. The molecule has 22 heavy (non-hydrogen) atoms. The summed E-state index contributed by atoms with van der Waals surface area (Å²) >= 11 is 3.47. The van der Waals surface area contributed by atoms with Crippen LogP contribution < -0.4 is 10.2 Å². The first-order valence-electron chi connectivity index (χ1n) is 8.28. The average molecular weight is 366 g/mol. The molecule has 1 saturated carbocycles. The summed E-state index contributed by atoms with van der Waals surface area (Å²) in [6, 6.07) is 8.91. The van der Waals surface area contributed by atoms with Gasteiger partial charge in [-0.2, -0.15) is 0 Å². The lowest BCUT2D eigenvalue weighted by molar-refractivity contribution is 0.186. The number of rotatable bonds is 2. The number of carbonyl (C=O) groups is 1. The summed E-state index contributed by atoms with van der Waals surface area (Å²) in [4.78, 5) is 16.7. The molecular weight excluding hydrogens is 342 g/mol. The molecule has 0 bridgehead atoms. The molecule has 4 nitrogen and oxygen atoms in total. The lowest BCUT2D eigenvalue weighted by Gasteiger charge is -2.37. The number of urea groups is 1. The van der Waals surface area contributed by atoms with Gasteiger partial charge in [0.1, 0.15) is 0 Å². The minimum atomic E-state index is 0.127. The second kappa shape index (κ2) is 7.36. The Kier molecular flexibility index (Phi) is 5.24. The van der Waals surface area contributed by atoms with Crippen LogP contribution in [0.25, 0.3) is 0 Å². The van der Waals surface area contributed by atoms with Gasteiger partial charge in [-0.05, 0) is 37.1 Å². The first-order valence-corrected chi connectivity index (χ1v) is 9.07. The topological polar surface area (TPSA) is 35.6 Å². The van der Waals surface area contributed by atoms with Gasteiger partial charge in [0, 0.05) is 42.4 Å². The predicted molar refractivity (Wildman–Crippen MR) is 93.3 cm³/mol. The minimum absolute atomic E-state index is 0.127. The van der Waals surface area contributed by atoms with Crippen molar-refractivity contribution in [2.24, 2.45) is 0 Å². The maximum Gasteiger partial charge on any atom is 0.317 e. The van der Waals surface area contributed by atoms with Crippen molar-refractivity contribution in [3.05, 3.63) is 28.7 Å². The van der Waals surface area contributed by atoms with E-state index in [9.17, 15) is 4.79 Å². The van der Waals surface area contributed by atoms with Crippen LogP contribution in [0, 0.1) is 0 Å². The molecule has 0 atom stereocenters. The van der Waals surface area contributed by atoms with E-state index >= 15 is 0 Å². The zero-order chi connectivity index (χ0) is 15.4. The van der Waals surface area contributed by atoms with Crippen LogP contribution in [0.2, 0.25) is 0 Å². The molecule has 2 aliphatic rings. The zero-order valence-electron chi connectivity index (χ0n) is 12.9. The highest BCUT2D eigenvalue weighted by Crippen LogP contribution is 2.20. The lowest BCUT2D eigenvalue weighted by atomic mass is 9.96. The van der Waals surface area contributed by atoms with Crippen molar-refractivity contribution in [3.63, 3.8) is 0 Å². The van der Waals surface area contributed by atoms with E-state index in [0.717, 1.165) is 43.5 Å². The highest BCUT2D eigenvalue weighted by molar-refractivity contribution is 9.10. The predicted octanol–water partition coefficient (Wildman–Crippen LogP) is 3.61. The Balaban J connectivity index is 1.48. The molecule has 0 spiro atoms. The number of hydrogen-bond donors (Lipinski definition) is 1. The molecule has 1 aliphatic carbocycles. The fourth-order valence-corrected chi connectivity index (χ4v) is 3.60. The standard InChI is InChI=1S/C17H24BrN3O/c18-14-6-8-16(9-7-14)20-10-12-21(13-11-20)17(22)19-15-4-2-1-3-5-15/h6-9,15H,1-5,10-13H2,(H,19,22). The molecular formula is C17H24BrN3O. The fourth-order valence-electron chi connectivity index (χ4n) is 3.33. The Morgan fingerprint density at radius 2 is 1.64 bits per heavy atom. The van der Waals surface area contributed by atoms with Gasteiger partial charge in [-0.25, -0.2) is 4.79 Å². The number of nitrogens with zero attached hydrogens (tertiary/aromatic N) is 2. The number of nitrogens with one attached hydrogen (secondary N) is 1. The van der Waals surface area contributed by atoms with E-state index in [4.69, 9.17) is 0 Å². The number of carbonyl (C=O) groups excluding carboxylic acids is 1. The van der Waals surface area contributed by atoms with E-state index in [1.165, 1.54) is 24.9 Å². The second-order valence-electron chi connectivity index (χ2n) is 6.23. The molecule has 0 radical (unpaired) electrons. The Morgan fingerprint density at radius 1 is 1.00 bits per heavy atom. The van der Waals surface area contributed by atoms with Crippen LogP contribution in [0.5, 0.6) is 0 Å². The Morgan fingerprint density at radius 3 is 2.27 bits per heavy atom. The molecule has 2 fully saturated rings. The van der Waals surface area contributed by atoms with Gasteiger partial charge in [-0.1, -0.05) is 35.2 Å². The molecule has 1 saturated heterocycles. The van der Waals surface area contributed by atoms with Gasteiger partial charge in [-0.15, -0.1) is 0 Å². The molecule has 0 unspecified atom stereocenters. The molecule has 5 heteroatoms. The third-order valence-electron chi connectivity index (χ3n) is 4.69. The molecule has 120 valence electrons. The Labute approximate surface area is 141 Å². The van der Waals surface area contributed by atoms with Gasteiger partial charge in [0.25, 0.3) is 0 Å². The summed E-state index contributed by atoms with van der Waals surface area (Å²) in [5.41, 5.74) is 1.23. The van der Waals surface area contributed by atoms with Gasteiger partial charge in [-0.3, -0.25) is 0 Å². The number of amides is 2. The Bertz CT molecular complexity index is 491. The van der Waals surface area contributed by atoms with Crippen LogP contribution >= 0.6 is 15.9 Å². The SMILES string of the molecule is O=C(NC1CCCCC1)N1CCN(c2ccc(Br)cc2)CC1. The maximum absolute atomic E-state index is 12.3. The number of piperazine rings is 1. The van der Waals surface area contributed by atoms with E-state index in [1.54, 1.807) is 0 Å². The van der Waals surface area contributed by atoms with E-state index < -0.39 is 0 Å². The van der Waals surface area contributed by atoms with Crippen LogP contribution in [0.15, 0.2) is 28.7 Å². The summed E-state index contributed by atoms with van der Waals surface area (Å²) in [5, 5.41) is 3.21. The van der Waals surface area contributed by atoms with Gasteiger partial charge < -0.3 is 15.1 Å². The highest BCUT2D eigenvalue weighted by atomic mass is 79.9. The normalized spacial score (nSPS) is 20.0. The summed E-state index contributed by atoms with van der Waals surface area (Å²) < 4.78 is 1.10. The molecule has 0 aromatic heterocycles. The van der Waals surface area contributed by atoms with Crippen molar-refractivity contribution >= 4 is 27.6 Å². The minimum Gasteiger partial charge on any atom is -0.368 e. The summed E-state index contributed by atoms with van der Waals surface area (Å²) in [6.45, 7) is 3.41. The largest absolute Gasteiger partial charge is 0.368 e. The first-order chi connectivity index (χ1) is 10.7. The van der Waals surface area contributed by atoms with Crippen molar-refractivity contribution < 1.29 is 4.79 Å². The number of halogens is 1. The summed E-state index contributed by atoms with van der Waals surface area (Å²) in [6.07, 6.45) is 6.11. The number of anilines is 1. The molecule has 2 amide bonds. The maximum atomic E-state index is 12.3. The first kappa shape index (κ1) is 15.7. The number of benzene rings is 1. The van der Waals surface area contributed by atoms with E-state index in [2.05, 4.69) is 50.4 Å². The van der Waals surface area contributed by atoms with Crippen molar-refractivity contribution in [3.8, 4) is 0 Å². The third-order valence-corrected chi connectivity index (χ3v) is 5.22. The summed E-state index contributed by atoms with van der Waals surface area (Å²) in [5.74, 6) is 0. The molecule has 1 aromatic rings. The van der Waals surface area contributed by atoms with Crippen LogP contribution in [0.1, 0.15) is 32.1 Å². The second-order valence-corrected chi connectivity index (χ2v) is 7.15.